The molecule has 0 bridgehead atoms. The fraction of sp³-hybridized carbons (Fsp3) is 0.100. The lowest BCUT2D eigenvalue weighted by Gasteiger charge is -2.24. The Morgan fingerprint density at radius 1 is 1.14 bits per heavy atom. The van der Waals surface area contributed by atoms with Gasteiger partial charge in [-0.25, -0.2) is 4.68 Å². The average Bonchev–Trinajstić information content (AvgIpc) is 3.32. The van der Waals surface area contributed by atoms with Crippen LogP contribution in [0.1, 0.15) is 22.7 Å². The summed E-state index contributed by atoms with van der Waals surface area (Å²) in [5, 5.41) is 25.5. The quantitative estimate of drug-likeness (QED) is 0.572. The zero-order valence-electron chi connectivity index (χ0n) is 14.7. The fourth-order valence-corrected chi connectivity index (χ4v) is 3.59. The van der Waals surface area contributed by atoms with Gasteiger partial charge >= 0.3 is 0 Å². The van der Waals surface area contributed by atoms with Crippen LogP contribution in [0.15, 0.2) is 66.1 Å². The van der Waals surface area contributed by atoms with E-state index in [1.165, 1.54) is 0 Å². The second kappa shape index (κ2) is 6.25. The van der Waals surface area contributed by atoms with Gasteiger partial charge in [0, 0.05) is 0 Å². The number of hydrogen-bond donors (Lipinski definition) is 2. The van der Waals surface area contributed by atoms with Crippen LogP contribution in [-0.2, 0) is 6.54 Å². The minimum absolute atomic E-state index is 0.0770. The van der Waals surface area contributed by atoms with Gasteiger partial charge < -0.3 is 10.5 Å². The number of rotatable bonds is 3. The summed E-state index contributed by atoms with van der Waals surface area (Å²) >= 11 is 0. The SMILES string of the molecule is N#CC1=C(N)Oc2n[nH]c(Cn3nnc4ccccc43)c2C1c1ccccc1. The van der Waals surface area contributed by atoms with E-state index in [1.54, 1.807) is 4.68 Å². The van der Waals surface area contributed by atoms with Crippen LogP contribution in [0, 0.1) is 11.3 Å². The van der Waals surface area contributed by atoms with Crippen molar-refractivity contribution in [2.45, 2.75) is 12.5 Å². The Morgan fingerprint density at radius 2 is 1.93 bits per heavy atom. The molecule has 1 atom stereocenters. The molecule has 2 aromatic heterocycles. The summed E-state index contributed by atoms with van der Waals surface area (Å²) in [7, 11) is 0. The summed E-state index contributed by atoms with van der Waals surface area (Å²) in [6, 6.07) is 19.7. The highest BCUT2D eigenvalue weighted by molar-refractivity contribution is 5.74. The van der Waals surface area contributed by atoms with Crippen molar-refractivity contribution < 1.29 is 4.74 Å². The van der Waals surface area contributed by atoms with Gasteiger partial charge in [-0.15, -0.1) is 10.2 Å². The van der Waals surface area contributed by atoms with E-state index >= 15 is 0 Å². The van der Waals surface area contributed by atoms with E-state index in [0.29, 0.717) is 18.0 Å². The number of nitriles is 1. The molecule has 0 spiro atoms. The molecule has 4 aromatic rings. The smallest absolute Gasteiger partial charge is 0.244 e. The predicted molar refractivity (Wildman–Crippen MR) is 101 cm³/mol. The van der Waals surface area contributed by atoms with Crippen molar-refractivity contribution in [1.29, 1.82) is 5.26 Å². The summed E-state index contributed by atoms with van der Waals surface area (Å²) in [6.45, 7) is 0.411. The van der Waals surface area contributed by atoms with Crippen LogP contribution in [0.25, 0.3) is 11.0 Å². The first-order valence-electron chi connectivity index (χ1n) is 8.74. The minimum Gasteiger partial charge on any atom is -0.420 e. The number of hydrogen-bond acceptors (Lipinski definition) is 6. The third-order valence-corrected chi connectivity index (χ3v) is 4.88. The Hall–Kier alpha value is -4.12. The lowest BCUT2D eigenvalue weighted by molar-refractivity contribution is 0.378. The molecule has 0 saturated carbocycles. The molecule has 2 aromatic carbocycles. The van der Waals surface area contributed by atoms with Crippen LogP contribution in [0.3, 0.4) is 0 Å². The topological polar surface area (TPSA) is 118 Å². The van der Waals surface area contributed by atoms with Crippen molar-refractivity contribution >= 4 is 11.0 Å². The average molecular weight is 369 g/mol. The van der Waals surface area contributed by atoms with E-state index in [9.17, 15) is 5.26 Å². The zero-order chi connectivity index (χ0) is 19.1. The van der Waals surface area contributed by atoms with Crippen LogP contribution < -0.4 is 10.5 Å². The van der Waals surface area contributed by atoms with Crippen molar-refractivity contribution in [2.24, 2.45) is 5.73 Å². The standard InChI is InChI=1S/C20H15N7O/c21-10-13-17(12-6-2-1-3-7-12)18-15(23-25-20(18)28-19(13)22)11-27-16-9-5-4-8-14(16)24-26-27/h1-9,17H,11,22H2,(H,23,25). The highest BCUT2D eigenvalue weighted by atomic mass is 16.5. The van der Waals surface area contributed by atoms with Crippen molar-refractivity contribution in [3.05, 3.63) is 82.9 Å². The Bertz CT molecular complexity index is 1250. The first kappa shape index (κ1) is 16.1. The van der Waals surface area contributed by atoms with Gasteiger partial charge in [-0.05, 0) is 17.7 Å². The van der Waals surface area contributed by atoms with E-state index in [4.69, 9.17) is 10.5 Å². The van der Waals surface area contributed by atoms with Crippen LogP contribution in [-0.4, -0.2) is 25.2 Å². The molecule has 0 radical (unpaired) electrons. The molecule has 1 unspecified atom stereocenters. The third-order valence-electron chi connectivity index (χ3n) is 4.88. The number of allylic oxidation sites excluding steroid dienone is 1. The summed E-state index contributed by atoms with van der Waals surface area (Å²) in [6.07, 6.45) is 0. The first-order chi connectivity index (χ1) is 13.8. The Morgan fingerprint density at radius 3 is 2.75 bits per heavy atom. The molecule has 0 amide bonds. The number of para-hydroxylation sites is 1. The Labute approximate surface area is 159 Å². The monoisotopic (exact) mass is 369 g/mol. The molecular formula is C20H15N7O. The fourth-order valence-electron chi connectivity index (χ4n) is 3.59. The molecule has 3 N–H and O–H groups in total. The van der Waals surface area contributed by atoms with Crippen LogP contribution in [0.2, 0.25) is 0 Å². The number of fused-ring (bicyclic) bond motifs is 2. The molecular weight excluding hydrogens is 354 g/mol. The molecule has 0 aliphatic carbocycles. The molecule has 136 valence electrons. The maximum atomic E-state index is 9.72. The maximum Gasteiger partial charge on any atom is 0.244 e. The maximum absolute atomic E-state index is 9.72. The number of aromatic amines is 1. The van der Waals surface area contributed by atoms with E-state index in [1.807, 2.05) is 54.6 Å². The second-order valence-electron chi connectivity index (χ2n) is 6.49. The van der Waals surface area contributed by atoms with E-state index in [0.717, 1.165) is 27.9 Å². The number of nitrogens with one attached hydrogen (secondary N) is 1. The van der Waals surface area contributed by atoms with Gasteiger partial charge in [0.25, 0.3) is 0 Å². The van der Waals surface area contributed by atoms with Gasteiger partial charge in [0.1, 0.15) is 17.2 Å². The van der Waals surface area contributed by atoms with E-state index in [2.05, 4.69) is 26.6 Å². The predicted octanol–water partition coefficient (Wildman–Crippen LogP) is 2.42. The van der Waals surface area contributed by atoms with Gasteiger partial charge in [-0.1, -0.05) is 47.7 Å². The number of H-pyrrole nitrogens is 1. The third kappa shape index (κ3) is 2.41. The van der Waals surface area contributed by atoms with Crippen molar-refractivity contribution in [3.8, 4) is 11.9 Å². The number of benzene rings is 2. The Kier molecular flexibility index (Phi) is 3.59. The molecule has 0 saturated heterocycles. The Balaban J connectivity index is 1.64. The lowest BCUT2D eigenvalue weighted by atomic mass is 9.84. The van der Waals surface area contributed by atoms with Crippen molar-refractivity contribution in [1.82, 2.24) is 25.2 Å². The van der Waals surface area contributed by atoms with E-state index in [-0.39, 0.29) is 11.8 Å². The second-order valence-corrected chi connectivity index (χ2v) is 6.49. The minimum atomic E-state index is -0.363. The summed E-state index contributed by atoms with van der Waals surface area (Å²) in [5.74, 6) is 0.0939. The summed E-state index contributed by atoms with van der Waals surface area (Å²) < 4.78 is 7.41. The molecule has 1 aliphatic rings. The zero-order valence-corrected chi connectivity index (χ0v) is 14.7. The number of aromatic nitrogens is 5. The van der Waals surface area contributed by atoms with Gasteiger partial charge in [0.15, 0.2) is 0 Å². The molecule has 28 heavy (non-hydrogen) atoms. The molecule has 1 aliphatic heterocycles. The normalized spacial score (nSPS) is 15.9. The van der Waals surface area contributed by atoms with Crippen LogP contribution >= 0.6 is 0 Å². The van der Waals surface area contributed by atoms with Gasteiger partial charge in [0.05, 0.1) is 29.2 Å². The molecule has 3 heterocycles. The highest BCUT2D eigenvalue weighted by Crippen LogP contribution is 2.42. The van der Waals surface area contributed by atoms with Crippen LogP contribution in [0.4, 0.5) is 0 Å². The van der Waals surface area contributed by atoms with Crippen LogP contribution in [0.5, 0.6) is 5.88 Å². The number of ether oxygens (including phenoxy) is 1. The van der Waals surface area contributed by atoms with Gasteiger partial charge in [-0.3, -0.25) is 5.10 Å². The number of nitrogens with two attached hydrogens (primary N) is 1. The lowest BCUT2D eigenvalue weighted by Crippen LogP contribution is -2.21. The van der Waals surface area contributed by atoms with E-state index < -0.39 is 0 Å². The highest BCUT2D eigenvalue weighted by Gasteiger charge is 2.35. The first-order valence-corrected chi connectivity index (χ1v) is 8.74. The largest absolute Gasteiger partial charge is 0.420 e. The van der Waals surface area contributed by atoms with Gasteiger partial charge in [-0.2, -0.15) is 5.26 Å². The molecule has 0 fully saturated rings. The molecule has 8 heteroatoms. The van der Waals surface area contributed by atoms with Gasteiger partial charge in [0.2, 0.25) is 11.8 Å². The van der Waals surface area contributed by atoms with Crippen molar-refractivity contribution in [3.63, 3.8) is 0 Å². The van der Waals surface area contributed by atoms with Crippen molar-refractivity contribution in [2.75, 3.05) is 0 Å². The molecule has 5 rings (SSSR count). The summed E-state index contributed by atoms with van der Waals surface area (Å²) in [5.41, 5.74) is 10.6. The summed E-state index contributed by atoms with van der Waals surface area (Å²) in [4.78, 5) is 0. The number of nitrogens with zero attached hydrogens (tertiary/aromatic N) is 5. The molecule has 8 nitrogen and oxygen atoms in total.